The van der Waals surface area contributed by atoms with E-state index in [1.54, 1.807) is 12.2 Å². The molecular formula is C22H29SiZr-. The maximum Gasteiger partial charge on any atom is 0.138 e. The van der Waals surface area contributed by atoms with E-state index in [0.29, 0.717) is 5.04 Å². The van der Waals surface area contributed by atoms with Gasteiger partial charge in [0.15, 0.2) is 0 Å². The van der Waals surface area contributed by atoms with E-state index in [-0.39, 0.29) is 26.2 Å². The van der Waals surface area contributed by atoms with Gasteiger partial charge in [-0.15, -0.1) is 11.5 Å². The van der Waals surface area contributed by atoms with E-state index in [4.69, 9.17) is 6.58 Å². The van der Waals surface area contributed by atoms with Crippen LogP contribution in [-0.2, 0) is 26.2 Å². The molecular weight excluding hydrogens is 384 g/mol. The Balaban J connectivity index is 0. The van der Waals surface area contributed by atoms with Crippen molar-refractivity contribution in [2.45, 2.75) is 38.9 Å². The third-order valence-electron chi connectivity index (χ3n) is 3.66. The van der Waals surface area contributed by atoms with Gasteiger partial charge in [0.1, 0.15) is 8.07 Å². The Morgan fingerprint density at radius 2 is 1.12 bits per heavy atom. The molecule has 0 atom stereocenters. The molecule has 0 N–H and O–H groups in total. The maximum absolute atomic E-state index is 5.20. The monoisotopic (exact) mass is 411 g/mol. The van der Waals surface area contributed by atoms with Gasteiger partial charge in [-0.3, -0.25) is 6.58 Å². The zero-order valence-electron chi connectivity index (χ0n) is 15.6. The molecule has 0 heterocycles. The molecule has 2 rings (SSSR count). The van der Waals surface area contributed by atoms with Crippen LogP contribution in [0.25, 0.3) is 0 Å². The fraction of sp³-hybridized carbons (Fsp3) is 0.273. The molecule has 0 aromatic heterocycles. The van der Waals surface area contributed by atoms with Gasteiger partial charge in [-0.05, 0) is 69.2 Å². The van der Waals surface area contributed by atoms with Gasteiger partial charge in [-0.25, -0.2) is 12.2 Å². The standard InChI is InChI=1S/C12H19Si.2C5H5.Zr/c1-7-8-9-10-11-13(5,6)12(2,3)4;2*1-2-4-5-3-1;/h1,7-9H,2-6H3;2*1-5H;/q-1;;;/b9-8+;;;. The first-order valence-electron chi connectivity index (χ1n) is 7.87. The second-order valence-corrected chi connectivity index (χ2v) is 11.6. The van der Waals surface area contributed by atoms with Gasteiger partial charge in [-0.2, -0.15) is 0 Å². The van der Waals surface area contributed by atoms with Crippen LogP contribution in [0.1, 0.15) is 20.8 Å². The van der Waals surface area contributed by atoms with Crippen molar-refractivity contribution in [1.82, 2.24) is 0 Å². The molecule has 0 spiro atoms. The summed E-state index contributed by atoms with van der Waals surface area (Å²) < 4.78 is 0. The molecule has 0 amide bonds. The van der Waals surface area contributed by atoms with E-state index in [0.717, 1.165) is 0 Å². The summed E-state index contributed by atoms with van der Waals surface area (Å²) in [7, 11) is -1.42. The molecule has 0 unspecified atom stereocenters. The van der Waals surface area contributed by atoms with E-state index in [1.807, 2.05) is 64.2 Å². The van der Waals surface area contributed by atoms with Crippen LogP contribution < -0.4 is 0 Å². The van der Waals surface area contributed by atoms with Gasteiger partial charge in [0.05, 0.1) is 0 Å². The van der Waals surface area contributed by atoms with Crippen LogP contribution in [0.2, 0.25) is 18.1 Å². The van der Waals surface area contributed by atoms with Gasteiger partial charge in [0, 0.05) is 26.2 Å². The summed E-state index contributed by atoms with van der Waals surface area (Å²) in [5, 5.41) is 0.334. The van der Waals surface area contributed by atoms with Crippen molar-refractivity contribution < 1.29 is 26.2 Å². The molecule has 0 aromatic rings. The minimum atomic E-state index is -1.42. The topological polar surface area (TPSA) is 0 Å². The van der Waals surface area contributed by atoms with Crippen molar-refractivity contribution >= 4 is 8.07 Å². The molecule has 126 valence electrons. The Hall–Kier alpha value is 0.140. The third kappa shape index (κ3) is 14.5. The Morgan fingerprint density at radius 1 is 0.792 bits per heavy atom. The summed E-state index contributed by atoms with van der Waals surface area (Å²) in [5.41, 5.74) is 3.36. The third-order valence-corrected chi connectivity index (χ3v) is 8.18. The fourth-order valence-corrected chi connectivity index (χ4v) is 1.97. The second kappa shape index (κ2) is 15.4. The molecule has 0 aliphatic heterocycles. The molecule has 2 saturated carbocycles. The van der Waals surface area contributed by atoms with E-state index in [1.165, 1.54) is 6.08 Å². The Morgan fingerprint density at radius 3 is 1.38 bits per heavy atom. The summed E-state index contributed by atoms with van der Waals surface area (Å²) in [6.07, 6.45) is 25.1. The zero-order valence-corrected chi connectivity index (χ0v) is 19.0. The molecule has 2 aliphatic carbocycles. The Labute approximate surface area is 173 Å². The van der Waals surface area contributed by atoms with E-state index >= 15 is 0 Å². The van der Waals surface area contributed by atoms with Gasteiger partial charge < -0.3 is 0 Å². The van der Waals surface area contributed by atoms with Crippen molar-refractivity contribution in [1.29, 1.82) is 0 Å². The minimum absolute atomic E-state index is 0. The molecule has 2 fully saturated rings. The van der Waals surface area contributed by atoms with Crippen LogP contribution in [-0.4, -0.2) is 8.07 Å². The summed E-state index contributed by atoms with van der Waals surface area (Å²) in [5.74, 6) is 3.05. The summed E-state index contributed by atoms with van der Waals surface area (Å²) in [4.78, 5) is 0. The van der Waals surface area contributed by atoms with Crippen LogP contribution in [0.3, 0.4) is 0 Å². The average Bonchev–Trinajstić information content (AvgIpc) is 3.20. The summed E-state index contributed by atoms with van der Waals surface area (Å²) in [6.45, 7) is 16.5. The predicted octanol–water partition coefficient (Wildman–Crippen LogP) is 5.62. The van der Waals surface area contributed by atoms with E-state index < -0.39 is 8.07 Å². The molecule has 0 saturated heterocycles. The van der Waals surface area contributed by atoms with Gasteiger partial charge >= 0.3 is 0 Å². The van der Waals surface area contributed by atoms with Crippen molar-refractivity contribution in [2.24, 2.45) is 0 Å². The first-order valence-corrected chi connectivity index (χ1v) is 10.9. The predicted molar refractivity (Wildman–Crippen MR) is 106 cm³/mol. The largest absolute Gasteiger partial charge is 0.293 e. The van der Waals surface area contributed by atoms with Crippen LogP contribution in [0.4, 0.5) is 0 Å². The minimum Gasteiger partial charge on any atom is -0.293 e. The molecule has 10 radical (unpaired) electrons. The smallest absolute Gasteiger partial charge is 0.138 e. The van der Waals surface area contributed by atoms with Crippen LogP contribution in [0.15, 0.2) is 18.2 Å². The Kier molecular flexibility index (Phi) is 16.9. The van der Waals surface area contributed by atoms with Crippen molar-refractivity contribution in [2.75, 3.05) is 0 Å². The Bertz CT molecular complexity index is 357. The molecule has 24 heavy (non-hydrogen) atoms. The van der Waals surface area contributed by atoms with Gasteiger partial charge in [-0.1, -0.05) is 39.9 Å². The zero-order chi connectivity index (χ0) is 17.6. The van der Waals surface area contributed by atoms with Crippen LogP contribution >= 0.6 is 0 Å². The number of allylic oxidation sites excluding steroid dienone is 3. The molecule has 2 aliphatic rings. The normalized spacial score (nSPS) is 16.7. The number of hydrogen-bond donors (Lipinski definition) is 0. The van der Waals surface area contributed by atoms with Crippen molar-refractivity contribution in [3.05, 3.63) is 89.0 Å². The number of hydrogen-bond acceptors (Lipinski definition) is 0. The SMILES string of the molecule is [CH-]=C/C=C/C#C[Si](C)(C)C(C)(C)C.[CH]1[CH][CH][CH][CH]1.[CH]1[CH][CH][CH][CH]1.[Zr]. The van der Waals surface area contributed by atoms with Gasteiger partial charge in [0.25, 0.3) is 0 Å². The van der Waals surface area contributed by atoms with E-state index in [2.05, 4.69) is 45.3 Å². The van der Waals surface area contributed by atoms with Gasteiger partial charge in [0.2, 0.25) is 0 Å². The maximum atomic E-state index is 5.20. The van der Waals surface area contributed by atoms with Crippen molar-refractivity contribution in [3.8, 4) is 11.5 Å². The molecule has 0 nitrogen and oxygen atoms in total. The molecule has 0 bridgehead atoms. The van der Waals surface area contributed by atoms with Crippen LogP contribution in [0.5, 0.6) is 0 Å². The fourth-order valence-electron chi connectivity index (χ4n) is 1.15. The molecule has 2 heteroatoms. The van der Waals surface area contributed by atoms with Crippen molar-refractivity contribution in [3.63, 3.8) is 0 Å². The first kappa shape index (κ1) is 26.4. The second-order valence-electron chi connectivity index (χ2n) is 6.62. The van der Waals surface area contributed by atoms with Crippen LogP contribution in [0, 0.1) is 82.3 Å². The summed E-state index contributed by atoms with van der Waals surface area (Å²) >= 11 is 0. The average molecular weight is 413 g/mol. The van der Waals surface area contributed by atoms with E-state index in [9.17, 15) is 0 Å². The number of rotatable bonds is 1. The molecule has 0 aromatic carbocycles. The summed E-state index contributed by atoms with van der Waals surface area (Å²) in [6, 6.07) is 0. The first-order chi connectivity index (χ1) is 10.8. The quantitative estimate of drug-likeness (QED) is 0.227.